The molecular formula is C13H18N2O4S. The molecule has 0 aromatic heterocycles. The topological polar surface area (TPSA) is 75.7 Å². The van der Waals surface area contributed by atoms with Gasteiger partial charge in [0, 0.05) is 30.9 Å². The first-order chi connectivity index (χ1) is 9.46. The van der Waals surface area contributed by atoms with E-state index in [0.29, 0.717) is 37.6 Å². The van der Waals surface area contributed by atoms with Crippen molar-refractivity contribution >= 4 is 21.6 Å². The number of carbonyl (C=O) groups is 1. The molecule has 1 heterocycles. The number of anilines is 1. The lowest BCUT2D eigenvalue weighted by Crippen LogP contribution is -2.33. The molecular weight excluding hydrogens is 280 g/mol. The number of hydrogen-bond acceptors (Lipinski definition) is 4. The third kappa shape index (κ3) is 4.21. The minimum Gasteiger partial charge on any atom is -0.380 e. The standard InChI is InChI=1S/C13H18N2O4S/c1-20(17,18)14-12-5-3-11(4-6-12)13(16)15-7-2-9-19-10-8-15/h3-6,14H,2,7-10H2,1H3. The van der Waals surface area contributed by atoms with Crippen molar-refractivity contribution in [1.82, 2.24) is 4.90 Å². The molecule has 0 saturated carbocycles. The second-order valence-corrected chi connectivity index (χ2v) is 6.46. The molecule has 6 nitrogen and oxygen atoms in total. The van der Waals surface area contributed by atoms with Crippen LogP contribution in [0.1, 0.15) is 16.8 Å². The highest BCUT2D eigenvalue weighted by atomic mass is 32.2. The summed E-state index contributed by atoms with van der Waals surface area (Å²) in [4.78, 5) is 14.0. The number of ether oxygens (including phenoxy) is 1. The molecule has 0 aliphatic carbocycles. The van der Waals surface area contributed by atoms with Gasteiger partial charge in [0.25, 0.3) is 5.91 Å². The Balaban J connectivity index is 2.07. The van der Waals surface area contributed by atoms with E-state index in [4.69, 9.17) is 4.74 Å². The molecule has 110 valence electrons. The van der Waals surface area contributed by atoms with E-state index in [2.05, 4.69) is 4.72 Å². The van der Waals surface area contributed by atoms with Gasteiger partial charge < -0.3 is 9.64 Å². The van der Waals surface area contributed by atoms with Gasteiger partial charge in [-0.1, -0.05) is 0 Å². The molecule has 1 amide bonds. The first-order valence-electron chi connectivity index (χ1n) is 6.40. The second kappa shape index (κ2) is 6.23. The van der Waals surface area contributed by atoms with E-state index in [9.17, 15) is 13.2 Å². The predicted molar refractivity (Wildman–Crippen MR) is 76.2 cm³/mol. The van der Waals surface area contributed by atoms with Crippen molar-refractivity contribution < 1.29 is 17.9 Å². The molecule has 7 heteroatoms. The highest BCUT2D eigenvalue weighted by molar-refractivity contribution is 7.92. The Morgan fingerprint density at radius 2 is 1.90 bits per heavy atom. The Morgan fingerprint density at radius 1 is 1.20 bits per heavy atom. The summed E-state index contributed by atoms with van der Waals surface area (Å²) in [6.45, 7) is 2.50. The number of rotatable bonds is 3. The van der Waals surface area contributed by atoms with E-state index >= 15 is 0 Å². The summed E-state index contributed by atoms with van der Waals surface area (Å²) >= 11 is 0. The summed E-state index contributed by atoms with van der Waals surface area (Å²) in [5.74, 6) is -0.0543. The van der Waals surface area contributed by atoms with E-state index in [0.717, 1.165) is 12.7 Å². The highest BCUT2D eigenvalue weighted by Crippen LogP contribution is 2.13. The van der Waals surface area contributed by atoms with Crippen LogP contribution in [0.15, 0.2) is 24.3 Å². The zero-order valence-corrected chi connectivity index (χ0v) is 12.1. The Labute approximate surface area is 118 Å². The normalized spacial score (nSPS) is 16.6. The van der Waals surface area contributed by atoms with Gasteiger partial charge in [0.15, 0.2) is 0 Å². The first kappa shape index (κ1) is 14.8. The number of nitrogens with zero attached hydrogens (tertiary/aromatic N) is 1. The molecule has 1 aromatic carbocycles. The van der Waals surface area contributed by atoms with Crippen LogP contribution in [-0.4, -0.2) is 51.8 Å². The largest absolute Gasteiger partial charge is 0.380 e. The van der Waals surface area contributed by atoms with E-state index in [1.807, 2.05) is 0 Å². The van der Waals surface area contributed by atoms with E-state index in [1.54, 1.807) is 29.2 Å². The fraction of sp³-hybridized carbons (Fsp3) is 0.462. The van der Waals surface area contributed by atoms with Crippen LogP contribution in [0.3, 0.4) is 0 Å². The minimum absolute atomic E-state index is 0.0543. The lowest BCUT2D eigenvalue weighted by Gasteiger charge is -2.19. The summed E-state index contributed by atoms with van der Waals surface area (Å²) in [5.41, 5.74) is 0.995. The smallest absolute Gasteiger partial charge is 0.253 e. The van der Waals surface area contributed by atoms with Crippen molar-refractivity contribution in [2.75, 3.05) is 37.3 Å². The Bertz CT molecular complexity index is 561. The van der Waals surface area contributed by atoms with E-state index in [1.165, 1.54) is 0 Å². The second-order valence-electron chi connectivity index (χ2n) is 4.71. The van der Waals surface area contributed by atoms with Crippen molar-refractivity contribution in [3.05, 3.63) is 29.8 Å². The monoisotopic (exact) mass is 298 g/mol. The molecule has 20 heavy (non-hydrogen) atoms. The number of nitrogens with one attached hydrogen (secondary N) is 1. The van der Waals surface area contributed by atoms with Gasteiger partial charge in [0.05, 0.1) is 12.9 Å². The van der Waals surface area contributed by atoms with Crippen LogP contribution >= 0.6 is 0 Å². The molecule has 0 spiro atoms. The number of carbonyl (C=O) groups excluding carboxylic acids is 1. The van der Waals surface area contributed by atoms with Crippen LogP contribution < -0.4 is 4.72 Å². The maximum absolute atomic E-state index is 12.3. The van der Waals surface area contributed by atoms with Crippen molar-refractivity contribution in [2.24, 2.45) is 0 Å². The van der Waals surface area contributed by atoms with Gasteiger partial charge in [-0.05, 0) is 30.7 Å². The Hall–Kier alpha value is -1.60. The molecule has 0 atom stereocenters. The lowest BCUT2D eigenvalue weighted by molar-refractivity contribution is 0.0741. The lowest BCUT2D eigenvalue weighted by atomic mass is 10.2. The first-order valence-corrected chi connectivity index (χ1v) is 8.30. The van der Waals surface area contributed by atoms with Crippen molar-refractivity contribution in [3.8, 4) is 0 Å². The van der Waals surface area contributed by atoms with Crippen LogP contribution in [0.25, 0.3) is 0 Å². The molecule has 1 N–H and O–H groups in total. The summed E-state index contributed by atoms with van der Waals surface area (Å²) in [6.07, 6.45) is 1.92. The average molecular weight is 298 g/mol. The molecule has 1 aliphatic rings. The van der Waals surface area contributed by atoms with E-state index in [-0.39, 0.29) is 5.91 Å². The van der Waals surface area contributed by atoms with Crippen molar-refractivity contribution in [3.63, 3.8) is 0 Å². The van der Waals surface area contributed by atoms with Crippen molar-refractivity contribution in [1.29, 1.82) is 0 Å². The third-order valence-electron chi connectivity index (χ3n) is 2.94. The molecule has 0 bridgehead atoms. The zero-order chi connectivity index (χ0) is 14.6. The number of hydrogen-bond donors (Lipinski definition) is 1. The number of amides is 1. The summed E-state index contributed by atoms with van der Waals surface area (Å²) < 4.78 is 29.9. The van der Waals surface area contributed by atoms with Crippen LogP contribution in [0, 0.1) is 0 Å². The SMILES string of the molecule is CS(=O)(=O)Nc1ccc(C(=O)N2CCCOCC2)cc1. The maximum atomic E-state index is 12.3. The molecule has 0 unspecified atom stereocenters. The summed E-state index contributed by atoms with van der Waals surface area (Å²) in [6, 6.07) is 6.42. The summed E-state index contributed by atoms with van der Waals surface area (Å²) in [5, 5.41) is 0. The Kier molecular flexibility index (Phi) is 4.61. The molecule has 2 rings (SSSR count). The van der Waals surface area contributed by atoms with Gasteiger partial charge in [-0.25, -0.2) is 8.42 Å². The molecule has 1 fully saturated rings. The van der Waals surface area contributed by atoms with Gasteiger partial charge in [-0.2, -0.15) is 0 Å². The highest BCUT2D eigenvalue weighted by Gasteiger charge is 2.17. The minimum atomic E-state index is -3.30. The fourth-order valence-electron chi connectivity index (χ4n) is 2.03. The quantitative estimate of drug-likeness (QED) is 0.900. The molecule has 1 aliphatic heterocycles. The van der Waals surface area contributed by atoms with Gasteiger partial charge >= 0.3 is 0 Å². The summed E-state index contributed by atoms with van der Waals surface area (Å²) in [7, 11) is -3.30. The molecule has 1 aromatic rings. The molecule has 1 saturated heterocycles. The van der Waals surface area contributed by atoms with Crippen LogP contribution in [0.4, 0.5) is 5.69 Å². The molecule has 0 radical (unpaired) electrons. The Morgan fingerprint density at radius 3 is 2.55 bits per heavy atom. The zero-order valence-electron chi connectivity index (χ0n) is 11.3. The maximum Gasteiger partial charge on any atom is 0.253 e. The van der Waals surface area contributed by atoms with Gasteiger partial charge in [-0.15, -0.1) is 0 Å². The van der Waals surface area contributed by atoms with Gasteiger partial charge in [-0.3, -0.25) is 9.52 Å². The fourth-order valence-corrected chi connectivity index (χ4v) is 2.59. The number of sulfonamides is 1. The average Bonchev–Trinajstić information content (AvgIpc) is 2.66. The number of benzene rings is 1. The van der Waals surface area contributed by atoms with E-state index < -0.39 is 10.0 Å². The van der Waals surface area contributed by atoms with Crippen LogP contribution in [0.2, 0.25) is 0 Å². The van der Waals surface area contributed by atoms with Gasteiger partial charge in [0.1, 0.15) is 0 Å². The predicted octanol–water partition coefficient (Wildman–Crippen LogP) is 0.921. The van der Waals surface area contributed by atoms with Gasteiger partial charge in [0.2, 0.25) is 10.0 Å². The van der Waals surface area contributed by atoms with Crippen LogP contribution in [0.5, 0.6) is 0 Å². The van der Waals surface area contributed by atoms with Crippen LogP contribution in [-0.2, 0) is 14.8 Å². The van der Waals surface area contributed by atoms with Crippen molar-refractivity contribution in [2.45, 2.75) is 6.42 Å². The third-order valence-corrected chi connectivity index (χ3v) is 3.55.